The van der Waals surface area contributed by atoms with Gasteiger partial charge in [-0.3, -0.25) is 0 Å². The molecule has 660 valence electrons. The fourth-order valence-electron chi connectivity index (χ4n) is 13.5. The third kappa shape index (κ3) is 29.5. The van der Waals surface area contributed by atoms with Gasteiger partial charge in [0.05, 0.1) is 39.6 Å². The van der Waals surface area contributed by atoms with E-state index in [0.29, 0.717) is 101 Å². The van der Waals surface area contributed by atoms with E-state index in [-0.39, 0.29) is 118 Å². The molecule has 0 unspecified atom stereocenters. The van der Waals surface area contributed by atoms with Crippen molar-refractivity contribution in [1.82, 2.24) is 0 Å². The predicted octanol–water partition coefficient (Wildman–Crippen LogP) is 14.7. The number of methoxy groups -OCH3 is 6. The van der Waals surface area contributed by atoms with Gasteiger partial charge in [0.25, 0.3) is 0 Å². The standard InChI is InChI=1S/C96H132O24/c1-91(2,3)73-43-61-37-63-45-74(92(4,5)6)47-65(86(63)116-56-80(98)110-32-26-104-20)39-67-49-76(94(10,11)12)51-69(88(67)118-58-82(100)112-34-28-106-22)41-71-53-78(96(16,17)18)54-72(90(71)120-60-84(102)114-36-30-108-24)42-70-52-77(95(13,14)15)50-68(89(70)119-59-83(101)113-35-29-107-23)40-66-48-75(93(7,8)9)46-64(87(66)117-57-81(99)111-33-27-105-21)38-62(44-73)85(61)115-55-79(97)109-31-25-103-19/h43-54H,25-42,55-60H2,1-24H3. The molecule has 0 N–H and O–H groups in total. The minimum atomic E-state index is -0.662. The molecule has 0 aromatic heterocycles. The molecule has 0 saturated heterocycles. The first-order valence-corrected chi connectivity index (χ1v) is 41.1. The number of benzene rings is 6. The first-order valence-electron chi connectivity index (χ1n) is 41.1. The smallest absolute Gasteiger partial charge is 0.344 e. The number of hydrogen-bond acceptors (Lipinski definition) is 24. The van der Waals surface area contributed by atoms with E-state index in [2.05, 4.69) is 197 Å². The second kappa shape index (κ2) is 44.5. The highest BCUT2D eigenvalue weighted by Gasteiger charge is 2.34. The third-order valence-electron chi connectivity index (χ3n) is 20.2. The highest BCUT2D eigenvalue weighted by Crippen LogP contribution is 2.47. The normalized spacial score (nSPS) is 12.8. The zero-order chi connectivity index (χ0) is 88.5. The summed E-state index contributed by atoms with van der Waals surface area (Å²) >= 11 is 0. The lowest BCUT2D eigenvalue weighted by Crippen LogP contribution is -2.22. The van der Waals surface area contributed by atoms with E-state index in [0.717, 1.165) is 33.4 Å². The predicted molar refractivity (Wildman–Crippen MR) is 458 cm³/mol. The van der Waals surface area contributed by atoms with Crippen molar-refractivity contribution in [2.45, 2.75) is 196 Å². The number of carbonyl (C=O) groups is 6. The van der Waals surface area contributed by atoms with Gasteiger partial charge in [-0.05, 0) is 133 Å². The van der Waals surface area contributed by atoms with Crippen LogP contribution in [0.1, 0.15) is 225 Å². The van der Waals surface area contributed by atoms with Crippen LogP contribution in [-0.4, -0.2) is 197 Å². The summed E-state index contributed by atoms with van der Waals surface area (Å²) in [6.07, 6.45) is 0.382. The van der Waals surface area contributed by atoms with Crippen molar-refractivity contribution in [3.8, 4) is 34.5 Å². The Morgan fingerprint density at radius 2 is 0.308 bits per heavy atom. The third-order valence-corrected chi connectivity index (χ3v) is 20.2. The van der Waals surface area contributed by atoms with Crippen molar-refractivity contribution in [2.75, 3.05) is 162 Å². The molecule has 0 heterocycles. The first-order chi connectivity index (χ1) is 56.5. The monoisotopic (exact) mass is 1670 g/mol. The van der Waals surface area contributed by atoms with Crippen LogP contribution in [0.2, 0.25) is 0 Å². The van der Waals surface area contributed by atoms with Gasteiger partial charge in [0.2, 0.25) is 0 Å². The van der Waals surface area contributed by atoms with Crippen molar-refractivity contribution >= 4 is 35.8 Å². The van der Waals surface area contributed by atoms with Crippen molar-refractivity contribution in [1.29, 1.82) is 0 Å². The Labute approximate surface area is 711 Å². The van der Waals surface area contributed by atoms with Crippen LogP contribution in [0.25, 0.3) is 0 Å². The average molecular weight is 1670 g/mol. The van der Waals surface area contributed by atoms with Gasteiger partial charge in [-0.2, -0.15) is 0 Å². The van der Waals surface area contributed by atoms with Crippen LogP contribution in [0, 0.1) is 0 Å². The van der Waals surface area contributed by atoms with Gasteiger partial charge in [0.1, 0.15) is 74.1 Å². The summed E-state index contributed by atoms with van der Waals surface area (Å²) in [6, 6.07) is 24.9. The van der Waals surface area contributed by atoms with E-state index in [1.807, 2.05) is 0 Å². The van der Waals surface area contributed by atoms with Crippen LogP contribution in [0.15, 0.2) is 72.8 Å². The van der Waals surface area contributed by atoms with Crippen molar-refractivity contribution < 1.29 is 114 Å². The van der Waals surface area contributed by atoms with E-state index in [4.69, 9.17) is 85.3 Å². The Morgan fingerprint density at radius 1 is 0.200 bits per heavy atom. The Kier molecular flexibility index (Phi) is 36.3. The zero-order valence-corrected chi connectivity index (χ0v) is 75.7. The number of carbonyl (C=O) groups excluding carboxylic acids is 6. The van der Waals surface area contributed by atoms with Crippen molar-refractivity contribution in [3.05, 3.63) is 173 Å². The van der Waals surface area contributed by atoms with Crippen LogP contribution in [0.5, 0.6) is 34.5 Å². The molecule has 0 atom stereocenters. The van der Waals surface area contributed by atoms with Crippen LogP contribution in [0.4, 0.5) is 0 Å². The van der Waals surface area contributed by atoms with Gasteiger partial charge < -0.3 is 85.3 Å². The topological polar surface area (TPSA) is 269 Å². The molecule has 0 spiro atoms. The molecule has 6 aromatic carbocycles. The average Bonchev–Trinajstić information content (AvgIpc) is 0.765. The summed E-state index contributed by atoms with van der Waals surface area (Å²) in [5.41, 5.74) is 9.44. The molecule has 0 fully saturated rings. The van der Waals surface area contributed by atoms with E-state index in [1.54, 1.807) is 0 Å². The molecular weight excluding hydrogens is 1540 g/mol. The van der Waals surface area contributed by atoms with Gasteiger partial charge >= 0.3 is 35.8 Å². The number of ether oxygens (including phenoxy) is 18. The maximum Gasteiger partial charge on any atom is 0.344 e. The van der Waals surface area contributed by atoms with E-state index < -0.39 is 108 Å². The van der Waals surface area contributed by atoms with Gasteiger partial charge in [-0.15, -0.1) is 0 Å². The Hall–Kier alpha value is -9.30. The van der Waals surface area contributed by atoms with E-state index in [9.17, 15) is 28.8 Å². The highest BCUT2D eigenvalue weighted by atomic mass is 16.6. The Morgan fingerprint density at radius 3 is 0.400 bits per heavy atom. The van der Waals surface area contributed by atoms with E-state index >= 15 is 0 Å². The molecular formula is C96H132O24. The largest absolute Gasteiger partial charge is 0.481 e. The summed E-state index contributed by atoms with van der Waals surface area (Å²) in [7, 11) is 9.09. The van der Waals surface area contributed by atoms with Crippen molar-refractivity contribution in [3.63, 3.8) is 0 Å². The quantitative estimate of drug-likeness (QED) is 0.0200. The van der Waals surface area contributed by atoms with Crippen LogP contribution < -0.4 is 28.4 Å². The van der Waals surface area contributed by atoms with Gasteiger partial charge in [0.15, 0.2) is 39.6 Å². The summed E-state index contributed by atoms with van der Waals surface area (Å²) in [5.74, 6) is -1.99. The summed E-state index contributed by atoms with van der Waals surface area (Å²) < 4.78 is 108. The van der Waals surface area contributed by atoms with Crippen molar-refractivity contribution in [2.24, 2.45) is 0 Å². The van der Waals surface area contributed by atoms with Crippen LogP contribution in [0.3, 0.4) is 0 Å². The lowest BCUT2D eigenvalue weighted by Gasteiger charge is -2.29. The molecule has 0 aliphatic heterocycles. The number of rotatable bonds is 36. The number of esters is 6. The molecule has 24 nitrogen and oxygen atoms in total. The van der Waals surface area contributed by atoms with Gasteiger partial charge in [-0.1, -0.05) is 197 Å². The molecule has 1 aliphatic carbocycles. The summed E-state index contributed by atoms with van der Waals surface area (Å²) in [4.78, 5) is 85.1. The Balaban J connectivity index is 1.80. The molecule has 120 heavy (non-hydrogen) atoms. The second-order valence-corrected chi connectivity index (χ2v) is 36.3. The molecule has 0 radical (unpaired) electrons. The van der Waals surface area contributed by atoms with Gasteiger partial charge in [-0.25, -0.2) is 28.8 Å². The fourth-order valence-corrected chi connectivity index (χ4v) is 13.5. The zero-order valence-electron chi connectivity index (χ0n) is 75.7. The summed E-state index contributed by atoms with van der Waals surface area (Å²) in [5, 5.41) is 0. The minimum absolute atomic E-state index is 0.0412. The minimum Gasteiger partial charge on any atom is -0.481 e. The maximum atomic E-state index is 14.2. The fraction of sp³-hybridized carbons (Fsp3) is 0.562. The lowest BCUT2D eigenvalue weighted by atomic mass is 9.79. The second-order valence-electron chi connectivity index (χ2n) is 36.3. The Bertz CT molecular complexity index is 3590. The molecule has 24 heteroatoms. The first kappa shape index (κ1) is 97.8. The van der Waals surface area contributed by atoms with Crippen LogP contribution in [-0.2, 0) is 157 Å². The van der Waals surface area contributed by atoms with E-state index in [1.165, 1.54) is 42.7 Å². The van der Waals surface area contributed by atoms with Gasteiger partial charge in [0, 0.05) is 81.2 Å². The molecule has 1 aliphatic rings. The van der Waals surface area contributed by atoms with Crippen LogP contribution >= 0.6 is 0 Å². The summed E-state index contributed by atoms with van der Waals surface area (Å²) in [6.45, 7) is 35.4. The number of hydrogen-bond donors (Lipinski definition) is 0. The molecule has 0 saturated carbocycles. The molecule has 6 aromatic rings. The maximum absolute atomic E-state index is 14.2. The number of fused-ring (bicyclic) bond motifs is 12. The highest BCUT2D eigenvalue weighted by molar-refractivity contribution is 5.75. The molecule has 7 rings (SSSR count). The SMILES string of the molecule is COCCOC(=O)COc1c2cc(C(C)(C)C)cc1Cc1cc(C(C)(C)C)cc(c1OCC(=O)OCCOC)Cc1cc(C(C)(C)C)cc(c1OCC(=O)OCCOC)Cc1cc(C(C)(C)C)cc(c1OCC(=O)OCCOC)Cc1cc(C(C)(C)C)cc(c1OCC(=O)OCCOC)Cc1cc(C(C)(C)C)cc(c1OCC(=O)OCCOC)C2. The molecule has 0 amide bonds. The lowest BCUT2D eigenvalue weighted by molar-refractivity contribution is -0.148. The molecule has 12 bridgehead atoms.